The van der Waals surface area contributed by atoms with Crippen molar-refractivity contribution in [2.45, 2.75) is 17.3 Å². The quantitative estimate of drug-likeness (QED) is 0.250. The number of para-hydroxylation sites is 1. The smallest absolute Gasteiger partial charge is 0.266 e. The second kappa shape index (κ2) is 9.07. The first-order valence-corrected chi connectivity index (χ1v) is 10.5. The fourth-order valence-electron chi connectivity index (χ4n) is 3.11. The highest BCUT2D eigenvalue weighted by atomic mass is 32.2. The third kappa shape index (κ3) is 4.61. The molecule has 4 aromatic rings. The zero-order chi connectivity index (χ0) is 23.7. The second-order valence-electron chi connectivity index (χ2n) is 7.02. The largest absolute Gasteiger partial charge is 0.323 e. The van der Waals surface area contributed by atoms with Crippen molar-refractivity contribution in [1.29, 1.82) is 0 Å². The highest BCUT2D eigenvalue weighted by Gasteiger charge is 2.22. The van der Waals surface area contributed by atoms with E-state index in [2.05, 4.69) is 10.3 Å². The van der Waals surface area contributed by atoms with Crippen LogP contribution in [0.5, 0.6) is 0 Å². The number of hydrogen-bond acceptors (Lipinski definition) is 4. The van der Waals surface area contributed by atoms with Crippen LogP contribution >= 0.6 is 11.8 Å². The van der Waals surface area contributed by atoms with E-state index in [0.29, 0.717) is 11.6 Å². The van der Waals surface area contributed by atoms with E-state index in [-0.39, 0.29) is 21.9 Å². The predicted molar refractivity (Wildman–Crippen MR) is 118 cm³/mol. The lowest BCUT2D eigenvalue weighted by Gasteiger charge is -2.17. The van der Waals surface area contributed by atoms with Gasteiger partial charge in [0.2, 0.25) is 5.91 Å². The maximum Gasteiger partial charge on any atom is 0.266 e. The van der Waals surface area contributed by atoms with E-state index in [1.165, 1.54) is 13.0 Å². The standard InChI is InChI=1S/C23H15F4N3O2S/c1-12(21(31)28-19-11-14(25)6-8-16(19)26)33-23-29-18-5-3-2-4-15(18)22(32)30(23)20-9-7-13(24)10-17(20)27/h2-12H,1H3,(H,28,31). The molecule has 1 aromatic heterocycles. The van der Waals surface area contributed by atoms with E-state index in [1.54, 1.807) is 18.2 Å². The minimum Gasteiger partial charge on any atom is -0.323 e. The third-order valence-corrected chi connectivity index (χ3v) is 5.79. The monoisotopic (exact) mass is 473 g/mol. The maximum atomic E-state index is 14.6. The molecule has 0 fully saturated rings. The van der Waals surface area contributed by atoms with Gasteiger partial charge in [-0.25, -0.2) is 22.5 Å². The van der Waals surface area contributed by atoms with Crippen LogP contribution in [-0.2, 0) is 4.79 Å². The van der Waals surface area contributed by atoms with Crippen molar-refractivity contribution < 1.29 is 22.4 Å². The summed E-state index contributed by atoms with van der Waals surface area (Å²) in [5, 5.41) is 1.50. The first kappa shape index (κ1) is 22.5. The molecule has 1 unspecified atom stereocenters. The molecule has 0 spiro atoms. The zero-order valence-corrected chi connectivity index (χ0v) is 17.8. The Balaban J connectivity index is 1.75. The van der Waals surface area contributed by atoms with Crippen LogP contribution in [0.15, 0.2) is 70.6 Å². The summed E-state index contributed by atoms with van der Waals surface area (Å²) in [4.78, 5) is 30.2. The number of nitrogens with one attached hydrogen (secondary N) is 1. The van der Waals surface area contributed by atoms with E-state index < -0.39 is 40.0 Å². The molecule has 0 aliphatic carbocycles. The fourth-order valence-corrected chi connectivity index (χ4v) is 4.03. The molecule has 168 valence electrons. The molecular formula is C23H15F4N3O2S. The molecule has 5 nitrogen and oxygen atoms in total. The van der Waals surface area contributed by atoms with Gasteiger partial charge in [0.1, 0.15) is 23.3 Å². The van der Waals surface area contributed by atoms with Crippen molar-refractivity contribution in [3.8, 4) is 5.69 Å². The Hall–Kier alpha value is -3.66. The summed E-state index contributed by atoms with van der Waals surface area (Å²) < 4.78 is 56.3. The normalized spacial score (nSPS) is 12.0. The third-order valence-electron chi connectivity index (χ3n) is 4.73. The summed E-state index contributed by atoms with van der Waals surface area (Å²) in [7, 11) is 0. The number of halogens is 4. The van der Waals surface area contributed by atoms with Gasteiger partial charge in [-0.2, -0.15) is 0 Å². The minimum absolute atomic E-state index is 0.0356. The van der Waals surface area contributed by atoms with E-state index in [9.17, 15) is 27.2 Å². The summed E-state index contributed by atoms with van der Waals surface area (Å²) in [6, 6.07) is 11.7. The molecule has 1 heterocycles. The topological polar surface area (TPSA) is 64.0 Å². The maximum absolute atomic E-state index is 14.6. The fraction of sp³-hybridized carbons (Fsp3) is 0.0870. The Morgan fingerprint density at radius 2 is 1.67 bits per heavy atom. The lowest BCUT2D eigenvalue weighted by atomic mass is 10.2. The number of anilines is 1. The Morgan fingerprint density at radius 1 is 0.970 bits per heavy atom. The molecule has 0 radical (unpaired) electrons. The van der Waals surface area contributed by atoms with Crippen molar-refractivity contribution in [2.24, 2.45) is 0 Å². The Labute approximate surface area is 189 Å². The average molecular weight is 473 g/mol. The van der Waals surface area contributed by atoms with Crippen LogP contribution in [0.25, 0.3) is 16.6 Å². The predicted octanol–water partition coefficient (Wildman–Crippen LogP) is 5.06. The summed E-state index contributed by atoms with van der Waals surface area (Å²) >= 11 is 0.808. The first-order valence-electron chi connectivity index (χ1n) is 9.64. The van der Waals surface area contributed by atoms with Crippen LogP contribution in [0.4, 0.5) is 23.2 Å². The average Bonchev–Trinajstić information content (AvgIpc) is 2.77. The number of amides is 1. The summed E-state index contributed by atoms with van der Waals surface area (Å²) in [6.45, 7) is 1.46. The Bertz CT molecular complexity index is 1440. The van der Waals surface area contributed by atoms with Gasteiger partial charge in [-0.1, -0.05) is 23.9 Å². The number of aromatic nitrogens is 2. The number of rotatable bonds is 5. The zero-order valence-electron chi connectivity index (χ0n) is 17.0. The molecule has 33 heavy (non-hydrogen) atoms. The lowest BCUT2D eigenvalue weighted by Crippen LogP contribution is -2.27. The lowest BCUT2D eigenvalue weighted by molar-refractivity contribution is -0.115. The molecule has 0 saturated carbocycles. The van der Waals surface area contributed by atoms with Crippen LogP contribution in [-0.4, -0.2) is 20.7 Å². The van der Waals surface area contributed by atoms with Gasteiger partial charge in [-0.15, -0.1) is 0 Å². The molecule has 1 N–H and O–H groups in total. The summed E-state index contributed by atoms with van der Waals surface area (Å²) in [6.07, 6.45) is 0. The van der Waals surface area contributed by atoms with Crippen LogP contribution in [0, 0.1) is 23.3 Å². The number of thioether (sulfide) groups is 1. The van der Waals surface area contributed by atoms with Crippen LogP contribution in [0.2, 0.25) is 0 Å². The molecule has 0 bridgehead atoms. The van der Waals surface area contributed by atoms with Gasteiger partial charge in [-0.3, -0.25) is 14.2 Å². The number of carbonyl (C=O) groups is 1. The summed E-state index contributed by atoms with van der Waals surface area (Å²) in [5.74, 6) is -4.06. The van der Waals surface area contributed by atoms with Crippen molar-refractivity contribution in [3.63, 3.8) is 0 Å². The van der Waals surface area contributed by atoms with Gasteiger partial charge >= 0.3 is 0 Å². The Kier molecular flexibility index (Phi) is 6.19. The van der Waals surface area contributed by atoms with Gasteiger partial charge in [0.25, 0.3) is 5.56 Å². The van der Waals surface area contributed by atoms with E-state index in [0.717, 1.165) is 46.7 Å². The number of nitrogens with zero attached hydrogens (tertiary/aromatic N) is 2. The molecular weight excluding hydrogens is 458 g/mol. The molecule has 0 saturated heterocycles. The first-order chi connectivity index (χ1) is 15.7. The van der Waals surface area contributed by atoms with E-state index in [1.807, 2.05) is 0 Å². The highest BCUT2D eigenvalue weighted by Crippen LogP contribution is 2.27. The van der Waals surface area contributed by atoms with Gasteiger partial charge < -0.3 is 5.32 Å². The van der Waals surface area contributed by atoms with Gasteiger partial charge in [0.05, 0.1) is 27.5 Å². The molecule has 1 amide bonds. The molecule has 3 aromatic carbocycles. The number of benzene rings is 3. The molecule has 1 atom stereocenters. The van der Waals surface area contributed by atoms with Gasteiger partial charge in [0.15, 0.2) is 5.16 Å². The number of carbonyl (C=O) groups excluding carboxylic acids is 1. The van der Waals surface area contributed by atoms with Crippen molar-refractivity contribution >= 4 is 34.3 Å². The SMILES string of the molecule is CC(Sc1nc2ccccc2c(=O)n1-c1ccc(F)cc1F)C(=O)Nc1cc(F)ccc1F. The highest BCUT2D eigenvalue weighted by molar-refractivity contribution is 8.00. The van der Waals surface area contributed by atoms with Crippen molar-refractivity contribution in [3.05, 3.63) is 94.3 Å². The van der Waals surface area contributed by atoms with Gasteiger partial charge in [-0.05, 0) is 43.3 Å². The Morgan fingerprint density at radius 3 is 2.42 bits per heavy atom. The minimum atomic E-state index is -0.991. The molecule has 0 aliphatic rings. The van der Waals surface area contributed by atoms with Crippen molar-refractivity contribution in [2.75, 3.05) is 5.32 Å². The molecule has 0 aliphatic heterocycles. The molecule has 10 heteroatoms. The van der Waals surface area contributed by atoms with Crippen molar-refractivity contribution in [1.82, 2.24) is 9.55 Å². The second-order valence-corrected chi connectivity index (χ2v) is 8.33. The summed E-state index contributed by atoms with van der Waals surface area (Å²) in [5.41, 5.74) is -0.892. The number of fused-ring (bicyclic) bond motifs is 1. The number of hydrogen-bond donors (Lipinski definition) is 1. The van der Waals surface area contributed by atoms with Crippen LogP contribution in [0.1, 0.15) is 6.92 Å². The molecule has 4 rings (SSSR count). The van der Waals surface area contributed by atoms with Crippen LogP contribution < -0.4 is 10.9 Å². The van der Waals surface area contributed by atoms with Crippen LogP contribution in [0.3, 0.4) is 0 Å². The van der Waals surface area contributed by atoms with E-state index in [4.69, 9.17) is 0 Å². The van der Waals surface area contributed by atoms with Gasteiger partial charge in [0, 0.05) is 12.1 Å². The van der Waals surface area contributed by atoms with E-state index >= 15 is 0 Å².